The van der Waals surface area contributed by atoms with Crippen molar-refractivity contribution in [3.05, 3.63) is 71.9 Å². The summed E-state index contributed by atoms with van der Waals surface area (Å²) in [6, 6.07) is 20.7. The fourth-order valence-electron chi connectivity index (χ4n) is 2.80. The highest BCUT2D eigenvalue weighted by molar-refractivity contribution is 5.83. The Morgan fingerprint density at radius 2 is 1.81 bits per heavy atom. The van der Waals surface area contributed by atoms with Gasteiger partial charge in [0.05, 0.1) is 7.05 Å². The van der Waals surface area contributed by atoms with E-state index in [1.165, 1.54) is 10.5 Å². The normalized spacial score (nSPS) is 13.7. The van der Waals surface area contributed by atoms with Gasteiger partial charge in [0.1, 0.15) is 12.6 Å². The van der Waals surface area contributed by atoms with Crippen LogP contribution in [-0.4, -0.2) is 12.0 Å². The average molecular weight is 276 g/mol. The molecular formula is C18H18N3+. The molecule has 0 fully saturated rings. The minimum Gasteiger partial charge on any atom is -0.361 e. The number of hydrogen-bond donors (Lipinski definition) is 2. The maximum Gasteiger partial charge on any atom is 0.202 e. The van der Waals surface area contributed by atoms with E-state index in [0.29, 0.717) is 0 Å². The van der Waals surface area contributed by atoms with Crippen molar-refractivity contribution in [1.29, 1.82) is 5.26 Å². The second-order valence-electron chi connectivity index (χ2n) is 5.36. The zero-order valence-corrected chi connectivity index (χ0v) is 12.0. The van der Waals surface area contributed by atoms with Gasteiger partial charge in [-0.2, -0.15) is 5.26 Å². The Labute approximate surface area is 124 Å². The highest BCUT2D eigenvalue weighted by Crippen LogP contribution is 2.22. The van der Waals surface area contributed by atoms with E-state index in [2.05, 4.69) is 36.3 Å². The maximum atomic E-state index is 9.62. The molecule has 0 aliphatic carbocycles. The number of para-hydroxylation sites is 1. The van der Waals surface area contributed by atoms with E-state index in [0.717, 1.165) is 23.0 Å². The zero-order valence-electron chi connectivity index (χ0n) is 12.0. The van der Waals surface area contributed by atoms with Crippen LogP contribution in [0.15, 0.2) is 60.8 Å². The predicted molar refractivity (Wildman–Crippen MR) is 83.7 cm³/mol. The summed E-state index contributed by atoms with van der Waals surface area (Å²) < 4.78 is 0. The van der Waals surface area contributed by atoms with Crippen molar-refractivity contribution in [1.82, 2.24) is 4.98 Å². The number of aromatic nitrogens is 1. The average Bonchev–Trinajstić information content (AvgIpc) is 2.93. The molecule has 1 aromatic heterocycles. The van der Waals surface area contributed by atoms with Crippen LogP contribution in [0.4, 0.5) is 0 Å². The van der Waals surface area contributed by atoms with Gasteiger partial charge in [-0.15, -0.1) is 0 Å². The van der Waals surface area contributed by atoms with Gasteiger partial charge >= 0.3 is 0 Å². The summed E-state index contributed by atoms with van der Waals surface area (Å²) in [5, 5.41) is 10.8. The van der Waals surface area contributed by atoms with Crippen LogP contribution < -0.4 is 4.90 Å². The number of rotatable bonds is 4. The second kappa shape index (κ2) is 5.82. The first-order valence-corrected chi connectivity index (χ1v) is 7.11. The van der Waals surface area contributed by atoms with Gasteiger partial charge in [0, 0.05) is 28.2 Å². The standard InChI is InChI=1S/C18H17N3/c1-21(13-14-7-3-2-4-8-14)18(11-19)16-12-20-17-10-6-5-9-15(16)17/h2-10,12,18,20H,13H2,1H3/p+1/t18-/m0/s1. The molecule has 3 rings (SSSR count). The van der Waals surface area contributed by atoms with E-state index < -0.39 is 0 Å². The maximum absolute atomic E-state index is 9.62. The summed E-state index contributed by atoms with van der Waals surface area (Å²) in [6.07, 6.45) is 1.97. The Bertz CT molecular complexity index is 768. The number of H-pyrrole nitrogens is 1. The largest absolute Gasteiger partial charge is 0.361 e. The van der Waals surface area contributed by atoms with Crippen LogP contribution >= 0.6 is 0 Å². The predicted octanol–water partition coefficient (Wildman–Crippen LogP) is 2.45. The van der Waals surface area contributed by atoms with Gasteiger partial charge in [-0.3, -0.25) is 0 Å². The molecule has 21 heavy (non-hydrogen) atoms. The van der Waals surface area contributed by atoms with Gasteiger partial charge in [-0.1, -0.05) is 48.5 Å². The monoisotopic (exact) mass is 276 g/mol. The van der Waals surface area contributed by atoms with E-state index in [1.807, 2.05) is 42.6 Å². The fourth-order valence-corrected chi connectivity index (χ4v) is 2.80. The van der Waals surface area contributed by atoms with Gasteiger partial charge in [-0.05, 0) is 6.07 Å². The number of aromatic amines is 1. The fraction of sp³-hybridized carbons (Fsp3) is 0.167. The van der Waals surface area contributed by atoms with Gasteiger partial charge in [-0.25, -0.2) is 0 Å². The number of nitrogens with one attached hydrogen (secondary N) is 2. The zero-order chi connectivity index (χ0) is 14.7. The lowest BCUT2D eigenvalue weighted by molar-refractivity contribution is -0.917. The Hall–Kier alpha value is -2.57. The third kappa shape index (κ3) is 2.67. The molecule has 0 spiro atoms. The minimum absolute atomic E-state index is 0.179. The first kappa shape index (κ1) is 13.4. The van der Waals surface area contributed by atoms with Crippen LogP contribution in [0.2, 0.25) is 0 Å². The van der Waals surface area contributed by atoms with Crippen LogP contribution in [0, 0.1) is 11.3 Å². The first-order valence-electron chi connectivity index (χ1n) is 7.11. The summed E-state index contributed by atoms with van der Waals surface area (Å²) in [6.45, 7) is 0.832. The number of hydrogen-bond acceptors (Lipinski definition) is 1. The SMILES string of the molecule is C[NH+](Cc1ccccc1)[C@@H](C#N)c1c[nH]c2ccccc12. The third-order valence-electron chi connectivity index (χ3n) is 3.88. The first-order chi connectivity index (χ1) is 10.3. The minimum atomic E-state index is -0.179. The molecule has 0 saturated heterocycles. The highest BCUT2D eigenvalue weighted by Gasteiger charge is 2.23. The van der Waals surface area contributed by atoms with Crippen molar-refractivity contribution in [3.63, 3.8) is 0 Å². The number of quaternary nitrogens is 1. The van der Waals surface area contributed by atoms with E-state index in [1.54, 1.807) is 0 Å². The summed E-state index contributed by atoms with van der Waals surface area (Å²) in [5.41, 5.74) is 3.40. The Kier molecular flexibility index (Phi) is 3.72. The second-order valence-corrected chi connectivity index (χ2v) is 5.36. The summed E-state index contributed by atoms with van der Waals surface area (Å²) in [7, 11) is 2.07. The lowest BCUT2D eigenvalue weighted by atomic mass is 10.1. The Balaban J connectivity index is 1.90. The molecule has 3 nitrogen and oxygen atoms in total. The molecule has 0 radical (unpaired) electrons. The third-order valence-corrected chi connectivity index (χ3v) is 3.88. The van der Waals surface area contributed by atoms with E-state index in [9.17, 15) is 5.26 Å². The Morgan fingerprint density at radius 1 is 1.10 bits per heavy atom. The number of benzene rings is 2. The molecule has 0 aliphatic heterocycles. The van der Waals surface area contributed by atoms with Crippen molar-refractivity contribution < 1.29 is 4.90 Å². The molecule has 3 heteroatoms. The molecule has 0 bridgehead atoms. The van der Waals surface area contributed by atoms with Crippen LogP contribution in [-0.2, 0) is 6.54 Å². The van der Waals surface area contributed by atoms with E-state index in [4.69, 9.17) is 0 Å². The number of nitrogens with zero attached hydrogens (tertiary/aromatic N) is 1. The molecule has 1 unspecified atom stereocenters. The van der Waals surface area contributed by atoms with E-state index >= 15 is 0 Å². The molecule has 104 valence electrons. The lowest BCUT2D eigenvalue weighted by Crippen LogP contribution is -3.07. The quantitative estimate of drug-likeness (QED) is 0.755. The van der Waals surface area contributed by atoms with E-state index in [-0.39, 0.29) is 6.04 Å². The van der Waals surface area contributed by atoms with Gasteiger partial charge in [0.25, 0.3) is 0 Å². The van der Waals surface area contributed by atoms with Crippen molar-refractivity contribution in [3.8, 4) is 6.07 Å². The molecule has 2 N–H and O–H groups in total. The molecule has 0 saturated carbocycles. The molecule has 1 heterocycles. The molecular weight excluding hydrogens is 258 g/mol. The molecule has 0 aliphatic rings. The summed E-state index contributed by atoms with van der Waals surface area (Å²) >= 11 is 0. The number of fused-ring (bicyclic) bond motifs is 1. The molecule has 2 atom stereocenters. The lowest BCUT2D eigenvalue weighted by Gasteiger charge is -2.19. The molecule has 0 amide bonds. The molecule has 2 aromatic carbocycles. The van der Waals surface area contributed by atoms with Crippen LogP contribution in [0.25, 0.3) is 10.9 Å². The van der Waals surface area contributed by atoms with Crippen molar-refractivity contribution in [2.75, 3.05) is 7.05 Å². The summed E-state index contributed by atoms with van der Waals surface area (Å²) in [5.74, 6) is 0. The van der Waals surface area contributed by atoms with Crippen molar-refractivity contribution in [2.45, 2.75) is 12.6 Å². The van der Waals surface area contributed by atoms with Gasteiger partial charge < -0.3 is 9.88 Å². The smallest absolute Gasteiger partial charge is 0.202 e. The van der Waals surface area contributed by atoms with Gasteiger partial charge in [0.2, 0.25) is 6.04 Å². The van der Waals surface area contributed by atoms with Crippen molar-refractivity contribution in [2.24, 2.45) is 0 Å². The Morgan fingerprint density at radius 3 is 2.57 bits per heavy atom. The highest BCUT2D eigenvalue weighted by atomic mass is 15.1. The van der Waals surface area contributed by atoms with Gasteiger partial charge in [0.15, 0.2) is 0 Å². The van der Waals surface area contributed by atoms with Crippen molar-refractivity contribution >= 4 is 10.9 Å². The topological polar surface area (TPSA) is 44.0 Å². The van der Waals surface area contributed by atoms with Crippen LogP contribution in [0.3, 0.4) is 0 Å². The molecule has 3 aromatic rings. The van der Waals surface area contributed by atoms with Crippen LogP contribution in [0.1, 0.15) is 17.2 Å². The van der Waals surface area contributed by atoms with Crippen LogP contribution in [0.5, 0.6) is 0 Å². The number of nitriles is 1. The summed E-state index contributed by atoms with van der Waals surface area (Å²) in [4.78, 5) is 4.43.